The molecule has 0 aliphatic heterocycles. The highest BCUT2D eigenvalue weighted by Crippen LogP contribution is 2.27. The fourth-order valence-corrected chi connectivity index (χ4v) is 4.55. The Bertz CT molecular complexity index is 1220. The highest BCUT2D eigenvalue weighted by atomic mass is 79.9. The summed E-state index contributed by atoms with van der Waals surface area (Å²) in [5.74, 6) is -0.615. The van der Waals surface area contributed by atoms with Gasteiger partial charge in [0.2, 0.25) is 5.91 Å². The molecule has 0 radical (unpaired) electrons. The van der Waals surface area contributed by atoms with Crippen molar-refractivity contribution in [2.75, 3.05) is 16.2 Å². The van der Waals surface area contributed by atoms with Crippen LogP contribution in [0.5, 0.6) is 0 Å². The van der Waals surface area contributed by atoms with Crippen molar-refractivity contribution in [3.05, 3.63) is 92.4 Å². The minimum Gasteiger partial charge on any atom is -0.324 e. The molecule has 3 aromatic rings. The number of anilines is 2. The molecule has 160 valence electrons. The summed E-state index contributed by atoms with van der Waals surface area (Å²) in [6, 6.07) is 17.3. The molecular weight excluding hydrogens is 510 g/mol. The van der Waals surface area contributed by atoms with E-state index in [0.717, 1.165) is 4.31 Å². The van der Waals surface area contributed by atoms with Gasteiger partial charge >= 0.3 is 0 Å². The molecule has 11 heteroatoms. The van der Waals surface area contributed by atoms with Gasteiger partial charge < -0.3 is 5.32 Å². The smallest absolute Gasteiger partial charge is 0.269 e. The van der Waals surface area contributed by atoms with E-state index in [0.29, 0.717) is 15.2 Å². The summed E-state index contributed by atoms with van der Waals surface area (Å²) >= 11 is 9.29. The van der Waals surface area contributed by atoms with Crippen molar-refractivity contribution < 1.29 is 18.1 Å². The monoisotopic (exact) mass is 523 g/mol. The van der Waals surface area contributed by atoms with Crippen LogP contribution in [0.2, 0.25) is 5.02 Å². The number of nitrogens with zero attached hydrogens (tertiary/aromatic N) is 2. The lowest BCUT2D eigenvalue weighted by Gasteiger charge is -2.24. The summed E-state index contributed by atoms with van der Waals surface area (Å²) in [7, 11) is -4.12. The van der Waals surface area contributed by atoms with E-state index in [-0.39, 0.29) is 16.3 Å². The Kier molecular flexibility index (Phi) is 6.94. The number of hydrogen-bond acceptors (Lipinski definition) is 5. The van der Waals surface area contributed by atoms with Crippen LogP contribution in [-0.4, -0.2) is 25.8 Å². The van der Waals surface area contributed by atoms with Gasteiger partial charge in [-0.3, -0.25) is 19.2 Å². The SMILES string of the molecule is O=C(CN(c1ccc([N+](=O)[O-])cc1)S(=O)(=O)c1ccccc1)Nc1ccc(Br)c(Cl)c1. The molecule has 0 spiro atoms. The number of halogens is 2. The summed E-state index contributed by atoms with van der Waals surface area (Å²) in [4.78, 5) is 23.0. The highest BCUT2D eigenvalue weighted by molar-refractivity contribution is 9.10. The fourth-order valence-electron chi connectivity index (χ4n) is 2.68. The lowest BCUT2D eigenvalue weighted by atomic mass is 10.3. The number of sulfonamides is 1. The van der Waals surface area contributed by atoms with Crippen LogP contribution >= 0.6 is 27.5 Å². The molecule has 1 N–H and O–H groups in total. The van der Waals surface area contributed by atoms with E-state index in [1.165, 1.54) is 42.5 Å². The summed E-state index contributed by atoms with van der Waals surface area (Å²) < 4.78 is 28.0. The van der Waals surface area contributed by atoms with Gasteiger partial charge in [0.25, 0.3) is 15.7 Å². The van der Waals surface area contributed by atoms with E-state index >= 15 is 0 Å². The van der Waals surface area contributed by atoms with Crippen molar-refractivity contribution in [1.82, 2.24) is 0 Å². The van der Waals surface area contributed by atoms with Crippen molar-refractivity contribution in [3.8, 4) is 0 Å². The predicted molar refractivity (Wildman–Crippen MR) is 122 cm³/mol. The number of benzene rings is 3. The van der Waals surface area contributed by atoms with Gasteiger partial charge in [-0.05, 0) is 58.4 Å². The fraction of sp³-hybridized carbons (Fsp3) is 0.0500. The quantitative estimate of drug-likeness (QED) is 0.351. The van der Waals surface area contributed by atoms with Crippen LogP contribution in [0.15, 0.2) is 82.2 Å². The van der Waals surface area contributed by atoms with E-state index in [2.05, 4.69) is 21.2 Å². The van der Waals surface area contributed by atoms with Gasteiger partial charge in [0.15, 0.2) is 0 Å². The second-order valence-electron chi connectivity index (χ2n) is 6.28. The van der Waals surface area contributed by atoms with Crippen LogP contribution in [0.25, 0.3) is 0 Å². The van der Waals surface area contributed by atoms with Crippen molar-refractivity contribution in [2.45, 2.75) is 4.90 Å². The van der Waals surface area contributed by atoms with Crippen molar-refractivity contribution in [3.63, 3.8) is 0 Å². The van der Waals surface area contributed by atoms with Gasteiger partial charge in [0.1, 0.15) is 6.54 Å². The second-order valence-corrected chi connectivity index (χ2v) is 9.40. The minimum absolute atomic E-state index is 0.0205. The Labute approximate surface area is 191 Å². The van der Waals surface area contributed by atoms with E-state index in [1.807, 2.05) is 0 Å². The number of hydrogen-bond donors (Lipinski definition) is 1. The van der Waals surface area contributed by atoms with Crippen LogP contribution in [-0.2, 0) is 14.8 Å². The van der Waals surface area contributed by atoms with Gasteiger partial charge in [0, 0.05) is 22.3 Å². The Morgan fingerprint density at radius 2 is 1.71 bits per heavy atom. The molecule has 0 aliphatic carbocycles. The molecule has 8 nitrogen and oxygen atoms in total. The molecule has 0 unspecified atom stereocenters. The largest absolute Gasteiger partial charge is 0.324 e. The maximum Gasteiger partial charge on any atom is 0.269 e. The Morgan fingerprint density at radius 1 is 1.06 bits per heavy atom. The molecule has 0 atom stereocenters. The number of non-ortho nitro benzene ring substituents is 1. The van der Waals surface area contributed by atoms with Crippen LogP contribution < -0.4 is 9.62 Å². The molecule has 3 rings (SSSR count). The highest BCUT2D eigenvalue weighted by Gasteiger charge is 2.27. The third kappa shape index (κ3) is 5.40. The molecule has 0 heterocycles. The predicted octanol–water partition coefficient (Wildman–Crippen LogP) is 4.84. The lowest BCUT2D eigenvalue weighted by molar-refractivity contribution is -0.384. The maximum absolute atomic E-state index is 13.2. The van der Waals surface area contributed by atoms with Crippen molar-refractivity contribution in [2.24, 2.45) is 0 Å². The Hall–Kier alpha value is -2.95. The molecule has 0 aromatic heterocycles. The molecule has 1 amide bonds. The summed E-state index contributed by atoms with van der Waals surface area (Å²) in [5, 5.41) is 13.9. The van der Waals surface area contributed by atoms with Crippen LogP contribution in [0, 0.1) is 10.1 Å². The second kappa shape index (κ2) is 9.46. The molecule has 0 saturated carbocycles. The first-order valence-electron chi connectivity index (χ1n) is 8.75. The first-order chi connectivity index (χ1) is 14.7. The molecule has 0 bridgehead atoms. The van der Waals surface area contributed by atoms with Crippen molar-refractivity contribution in [1.29, 1.82) is 0 Å². The van der Waals surface area contributed by atoms with Gasteiger partial charge in [-0.2, -0.15) is 0 Å². The number of nitro groups is 1. The van der Waals surface area contributed by atoms with Crippen molar-refractivity contribution >= 4 is 60.5 Å². The summed E-state index contributed by atoms with van der Waals surface area (Å²) in [6.45, 7) is -0.553. The van der Waals surface area contributed by atoms with Gasteiger partial charge in [0.05, 0.1) is 20.5 Å². The van der Waals surface area contributed by atoms with E-state index < -0.39 is 27.4 Å². The van der Waals surface area contributed by atoms with E-state index in [9.17, 15) is 23.3 Å². The number of carbonyl (C=O) groups excluding carboxylic acids is 1. The first-order valence-corrected chi connectivity index (χ1v) is 11.4. The lowest BCUT2D eigenvalue weighted by Crippen LogP contribution is -2.38. The van der Waals surface area contributed by atoms with Crippen LogP contribution in [0.1, 0.15) is 0 Å². The van der Waals surface area contributed by atoms with E-state index in [4.69, 9.17) is 11.6 Å². The molecular formula is C20H15BrClN3O5S. The average Bonchev–Trinajstić information content (AvgIpc) is 2.75. The normalized spacial score (nSPS) is 11.0. The molecule has 31 heavy (non-hydrogen) atoms. The third-order valence-corrected chi connectivity index (χ3v) is 7.19. The number of rotatable bonds is 7. The number of carbonyl (C=O) groups is 1. The van der Waals surface area contributed by atoms with Crippen LogP contribution in [0.4, 0.5) is 17.1 Å². The van der Waals surface area contributed by atoms with Crippen LogP contribution in [0.3, 0.4) is 0 Å². The van der Waals surface area contributed by atoms with Gasteiger partial charge in [-0.25, -0.2) is 8.42 Å². The number of amides is 1. The Balaban J connectivity index is 1.94. The summed E-state index contributed by atoms with van der Waals surface area (Å²) in [5.41, 5.74) is 0.298. The number of nitrogens with one attached hydrogen (secondary N) is 1. The number of nitro benzene ring substituents is 1. The first kappa shape index (κ1) is 22.7. The maximum atomic E-state index is 13.2. The summed E-state index contributed by atoms with van der Waals surface area (Å²) in [6.07, 6.45) is 0. The standard InChI is InChI=1S/C20H15BrClN3O5S/c21-18-11-6-14(12-19(18)22)23-20(26)13-24(15-7-9-16(10-8-15)25(27)28)31(29,30)17-4-2-1-3-5-17/h1-12H,13H2,(H,23,26). The van der Waals surface area contributed by atoms with Gasteiger partial charge in [-0.15, -0.1) is 0 Å². The molecule has 3 aromatic carbocycles. The Morgan fingerprint density at radius 3 is 2.29 bits per heavy atom. The zero-order valence-electron chi connectivity index (χ0n) is 15.7. The minimum atomic E-state index is -4.12. The molecule has 0 saturated heterocycles. The van der Waals surface area contributed by atoms with E-state index in [1.54, 1.807) is 30.3 Å². The third-order valence-electron chi connectivity index (χ3n) is 4.17. The molecule has 0 fully saturated rings. The molecule has 0 aliphatic rings. The van der Waals surface area contributed by atoms with Gasteiger partial charge in [-0.1, -0.05) is 29.8 Å². The zero-order chi connectivity index (χ0) is 22.6. The zero-order valence-corrected chi connectivity index (χ0v) is 18.9. The topological polar surface area (TPSA) is 110 Å². The average molecular weight is 525 g/mol.